The fourth-order valence-electron chi connectivity index (χ4n) is 5.76. The number of halogens is 1. The maximum absolute atomic E-state index is 14.3. The molecule has 1 amide bonds. The third-order valence-corrected chi connectivity index (χ3v) is 7.67. The van der Waals surface area contributed by atoms with E-state index < -0.39 is 0 Å². The Balaban J connectivity index is 1.44. The van der Waals surface area contributed by atoms with E-state index in [0.717, 1.165) is 39.7 Å². The molecule has 5 rings (SSSR count). The van der Waals surface area contributed by atoms with Gasteiger partial charge in [0.15, 0.2) is 0 Å². The van der Waals surface area contributed by atoms with Crippen molar-refractivity contribution in [3.8, 4) is 0 Å². The largest absolute Gasteiger partial charge is 0.465 e. The van der Waals surface area contributed by atoms with Crippen LogP contribution in [0.1, 0.15) is 41.6 Å². The van der Waals surface area contributed by atoms with Gasteiger partial charge in [-0.3, -0.25) is 9.59 Å². The molecule has 0 spiro atoms. The Hall–Kier alpha value is -3.93. The molecule has 0 saturated heterocycles. The second-order valence-electron chi connectivity index (χ2n) is 9.98. The van der Waals surface area contributed by atoms with Gasteiger partial charge in [-0.2, -0.15) is 0 Å². The number of nitrogens with zero attached hydrogens (tertiary/aromatic N) is 2. The van der Waals surface area contributed by atoms with Crippen LogP contribution < -0.4 is 0 Å². The third-order valence-electron chi connectivity index (χ3n) is 7.67. The number of rotatable bonds is 8. The summed E-state index contributed by atoms with van der Waals surface area (Å²) >= 11 is 0. The van der Waals surface area contributed by atoms with E-state index in [1.165, 1.54) is 6.07 Å². The molecule has 1 aliphatic carbocycles. The average molecular weight is 513 g/mol. The first-order valence-corrected chi connectivity index (χ1v) is 13.3. The molecule has 196 valence electrons. The first-order chi connectivity index (χ1) is 18.5. The average Bonchev–Trinajstić information content (AvgIpc) is 3.23. The van der Waals surface area contributed by atoms with Crippen LogP contribution in [0.5, 0.6) is 0 Å². The van der Waals surface area contributed by atoms with Crippen LogP contribution in [0.3, 0.4) is 0 Å². The Morgan fingerprint density at radius 2 is 1.76 bits per heavy atom. The molecule has 1 aliphatic rings. The van der Waals surface area contributed by atoms with E-state index in [9.17, 15) is 14.0 Å². The Labute approximate surface area is 222 Å². The van der Waals surface area contributed by atoms with E-state index in [1.807, 2.05) is 65.0 Å². The number of carbonyl (C=O) groups is 2. The lowest BCUT2D eigenvalue weighted by atomic mass is 9.87. The van der Waals surface area contributed by atoms with Crippen molar-refractivity contribution >= 4 is 22.8 Å². The molecule has 1 unspecified atom stereocenters. The zero-order valence-electron chi connectivity index (χ0n) is 21.9. The summed E-state index contributed by atoms with van der Waals surface area (Å²) in [6.07, 6.45) is 2.70. The monoisotopic (exact) mass is 512 g/mol. The lowest BCUT2D eigenvalue weighted by Gasteiger charge is -2.34. The van der Waals surface area contributed by atoms with Gasteiger partial charge in [-0.1, -0.05) is 60.7 Å². The summed E-state index contributed by atoms with van der Waals surface area (Å²) in [4.78, 5) is 28.2. The predicted octanol–water partition coefficient (Wildman–Crippen LogP) is 5.69. The molecular weight excluding hydrogens is 479 g/mol. The number of ether oxygens (including phenoxy) is 1. The second kappa shape index (κ2) is 11.2. The van der Waals surface area contributed by atoms with E-state index in [0.29, 0.717) is 25.9 Å². The van der Waals surface area contributed by atoms with Crippen LogP contribution in [0.15, 0.2) is 78.9 Å². The highest BCUT2D eigenvalue weighted by molar-refractivity contribution is 5.88. The van der Waals surface area contributed by atoms with Crippen molar-refractivity contribution in [2.75, 3.05) is 13.7 Å². The second-order valence-corrected chi connectivity index (χ2v) is 9.98. The summed E-state index contributed by atoms with van der Waals surface area (Å²) in [7, 11) is 1.89. The van der Waals surface area contributed by atoms with Crippen LogP contribution in [0.2, 0.25) is 0 Å². The molecule has 6 heteroatoms. The van der Waals surface area contributed by atoms with Gasteiger partial charge >= 0.3 is 5.97 Å². The fourth-order valence-corrected chi connectivity index (χ4v) is 5.76. The van der Waals surface area contributed by atoms with Gasteiger partial charge in [0.05, 0.1) is 12.5 Å². The SMILES string of the molecule is CCOC(=O)Cn1c2c(c3cc(F)ccc31)C[C@@H](N(C)C(=O)C(Cc1ccccc1)c1ccccc1)CC2. The number of amides is 1. The number of likely N-dealkylation sites (N-methyl/N-ethyl adjacent to an activating group) is 1. The highest BCUT2D eigenvalue weighted by atomic mass is 19.1. The number of benzene rings is 3. The van der Waals surface area contributed by atoms with E-state index in [2.05, 4.69) is 12.1 Å². The summed E-state index contributed by atoms with van der Waals surface area (Å²) in [5, 5.41) is 0.804. The molecule has 0 fully saturated rings. The van der Waals surface area contributed by atoms with Crippen molar-refractivity contribution in [3.05, 3.63) is 107 Å². The quantitative estimate of drug-likeness (QED) is 0.285. The summed E-state index contributed by atoms with van der Waals surface area (Å²) in [6.45, 7) is 2.20. The van der Waals surface area contributed by atoms with Crippen molar-refractivity contribution in [2.24, 2.45) is 0 Å². The standard InChI is InChI=1S/C32H33FN2O3/c1-3-38-31(36)21-35-29-16-14-24(33)19-27(29)28-20-25(15-17-30(28)35)34(2)32(37)26(23-12-8-5-9-13-23)18-22-10-6-4-7-11-22/h4-14,16,19,25-26H,3,15,17-18,20-21H2,1-2H3/t25-,26?/m0/s1. The molecule has 0 aliphatic heterocycles. The molecule has 3 aromatic carbocycles. The molecule has 0 radical (unpaired) electrons. The molecule has 1 aromatic heterocycles. The summed E-state index contributed by atoms with van der Waals surface area (Å²) in [5.74, 6) is -0.841. The molecule has 0 N–H and O–H groups in total. The normalized spacial score (nSPS) is 15.6. The van der Waals surface area contributed by atoms with E-state index >= 15 is 0 Å². The minimum absolute atomic E-state index is 0.0260. The Morgan fingerprint density at radius 1 is 1.05 bits per heavy atom. The first-order valence-electron chi connectivity index (χ1n) is 13.3. The van der Waals surface area contributed by atoms with Crippen LogP contribution in [0, 0.1) is 5.82 Å². The smallest absolute Gasteiger partial charge is 0.325 e. The Morgan fingerprint density at radius 3 is 2.47 bits per heavy atom. The van der Waals surface area contributed by atoms with Gasteiger partial charge in [0.2, 0.25) is 5.91 Å². The summed E-state index contributed by atoms with van der Waals surface area (Å²) in [5.41, 5.74) is 4.98. The van der Waals surface area contributed by atoms with Gasteiger partial charge in [-0.15, -0.1) is 0 Å². The maximum atomic E-state index is 14.3. The van der Waals surface area contributed by atoms with Crippen LogP contribution in [-0.4, -0.2) is 41.0 Å². The van der Waals surface area contributed by atoms with Crippen LogP contribution in [0.25, 0.3) is 10.9 Å². The lowest BCUT2D eigenvalue weighted by Crippen LogP contribution is -2.43. The fraction of sp³-hybridized carbons (Fsp3) is 0.312. The molecule has 2 atom stereocenters. The van der Waals surface area contributed by atoms with Crippen LogP contribution >= 0.6 is 0 Å². The molecule has 1 heterocycles. The van der Waals surface area contributed by atoms with Gasteiger partial charge in [0, 0.05) is 29.7 Å². The highest BCUT2D eigenvalue weighted by Gasteiger charge is 2.33. The number of fused-ring (bicyclic) bond motifs is 3. The van der Waals surface area contributed by atoms with Gasteiger partial charge in [0.1, 0.15) is 12.4 Å². The van der Waals surface area contributed by atoms with Gasteiger partial charge in [-0.05, 0) is 67.5 Å². The number of aromatic nitrogens is 1. The molecule has 0 saturated carbocycles. The van der Waals surface area contributed by atoms with E-state index in [-0.39, 0.29) is 36.2 Å². The van der Waals surface area contributed by atoms with Crippen molar-refractivity contribution in [3.63, 3.8) is 0 Å². The third kappa shape index (κ3) is 5.21. The van der Waals surface area contributed by atoms with Gasteiger partial charge in [0.25, 0.3) is 0 Å². The minimum Gasteiger partial charge on any atom is -0.465 e. The Bertz CT molecular complexity index is 1430. The molecule has 0 bridgehead atoms. The van der Waals surface area contributed by atoms with Gasteiger partial charge in [-0.25, -0.2) is 4.39 Å². The van der Waals surface area contributed by atoms with Crippen LogP contribution in [-0.2, 0) is 40.1 Å². The van der Waals surface area contributed by atoms with Gasteiger partial charge < -0.3 is 14.2 Å². The zero-order valence-corrected chi connectivity index (χ0v) is 21.9. The predicted molar refractivity (Wildman–Crippen MR) is 146 cm³/mol. The van der Waals surface area contributed by atoms with E-state index in [4.69, 9.17) is 4.74 Å². The molecule has 38 heavy (non-hydrogen) atoms. The number of esters is 1. The number of hydrogen-bond donors (Lipinski definition) is 0. The topological polar surface area (TPSA) is 51.5 Å². The maximum Gasteiger partial charge on any atom is 0.325 e. The van der Waals surface area contributed by atoms with Crippen molar-refractivity contribution in [1.82, 2.24) is 9.47 Å². The first kappa shape index (κ1) is 25.7. The summed E-state index contributed by atoms with van der Waals surface area (Å²) in [6, 6.07) is 24.7. The lowest BCUT2D eigenvalue weighted by molar-refractivity contribution is -0.143. The molecule has 4 aromatic rings. The summed E-state index contributed by atoms with van der Waals surface area (Å²) < 4.78 is 21.5. The van der Waals surface area contributed by atoms with Crippen molar-refractivity contribution in [2.45, 2.75) is 51.1 Å². The molecule has 5 nitrogen and oxygen atoms in total. The zero-order chi connectivity index (χ0) is 26.6. The number of hydrogen-bond acceptors (Lipinski definition) is 3. The number of carbonyl (C=O) groups excluding carboxylic acids is 2. The highest BCUT2D eigenvalue weighted by Crippen LogP contribution is 2.35. The van der Waals surface area contributed by atoms with Crippen molar-refractivity contribution < 1.29 is 18.7 Å². The van der Waals surface area contributed by atoms with Crippen LogP contribution in [0.4, 0.5) is 4.39 Å². The minimum atomic E-state index is -0.313. The molecular formula is C32H33FN2O3. The van der Waals surface area contributed by atoms with Crippen molar-refractivity contribution in [1.29, 1.82) is 0 Å². The Kier molecular flexibility index (Phi) is 7.59. The van der Waals surface area contributed by atoms with E-state index in [1.54, 1.807) is 19.1 Å².